The molecular weight excluding hydrogens is 294 g/mol. The minimum atomic E-state index is 0.0234. The Labute approximate surface area is 117 Å². The zero-order valence-corrected chi connectivity index (χ0v) is 12.9. The predicted octanol–water partition coefficient (Wildman–Crippen LogP) is 2.36. The summed E-state index contributed by atoms with van der Waals surface area (Å²) in [5.41, 5.74) is 1.04. The highest BCUT2D eigenvalue weighted by molar-refractivity contribution is 9.10. The second-order valence-corrected chi connectivity index (χ2v) is 5.76. The van der Waals surface area contributed by atoms with Crippen LogP contribution in [0, 0.1) is 12.8 Å². The smallest absolute Gasteiger partial charge is 0.239 e. The fourth-order valence-electron chi connectivity index (χ4n) is 1.60. The van der Waals surface area contributed by atoms with Crippen LogP contribution in [0.15, 0.2) is 16.7 Å². The number of nitrogens with zero attached hydrogens (tertiary/aromatic N) is 2. The third-order valence-electron chi connectivity index (χ3n) is 2.47. The molecule has 5 heteroatoms. The van der Waals surface area contributed by atoms with Gasteiger partial charge >= 0.3 is 0 Å². The number of halogens is 1. The molecule has 0 unspecified atom stereocenters. The van der Waals surface area contributed by atoms with Gasteiger partial charge in [0.2, 0.25) is 5.91 Å². The van der Waals surface area contributed by atoms with E-state index in [0.717, 1.165) is 15.9 Å². The average molecular weight is 314 g/mol. The first kappa shape index (κ1) is 15.0. The number of carbonyl (C=O) groups excluding carboxylic acids is 1. The molecule has 18 heavy (non-hydrogen) atoms. The quantitative estimate of drug-likeness (QED) is 0.907. The molecule has 0 spiro atoms. The Morgan fingerprint density at radius 3 is 2.78 bits per heavy atom. The summed E-state index contributed by atoms with van der Waals surface area (Å²) in [4.78, 5) is 17.9. The highest BCUT2D eigenvalue weighted by Gasteiger charge is 2.11. The van der Waals surface area contributed by atoms with Crippen molar-refractivity contribution in [3.8, 4) is 0 Å². The second kappa shape index (κ2) is 6.73. The topological polar surface area (TPSA) is 45.2 Å². The maximum atomic E-state index is 11.7. The summed E-state index contributed by atoms with van der Waals surface area (Å²) in [7, 11) is 1.87. The first-order chi connectivity index (χ1) is 8.40. The zero-order valence-electron chi connectivity index (χ0n) is 11.3. The average Bonchev–Trinajstić information content (AvgIpc) is 2.26. The van der Waals surface area contributed by atoms with Gasteiger partial charge in [0, 0.05) is 24.3 Å². The van der Waals surface area contributed by atoms with Crippen LogP contribution in [0.1, 0.15) is 19.4 Å². The van der Waals surface area contributed by atoms with Crippen LogP contribution in [0.3, 0.4) is 0 Å². The van der Waals surface area contributed by atoms with Gasteiger partial charge in [0.15, 0.2) is 0 Å². The number of rotatable bonds is 5. The van der Waals surface area contributed by atoms with Crippen molar-refractivity contribution in [2.24, 2.45) is 5.92 Å². The van der Waals surface area contributed by atoms with Crippen LogP contribution < -0.4 is 10.2 Å². The molecule has 0 saturated heterocycles. The van der Waals surface area contributed by atoms with E-state index in [0.29, 0.717) is 19.0 Å². The molecule has 0 saturated carbocycles. The molecule has 100 valence electrons. The van der Waals surface area contributed by atoms with Crippen LogP contribution in [-0.2, 0) is 4.79 Å². The van der Waals surface area contributed by atoms with Gasteiger partial charge < -0.3 is 10.2 Å². The maximum absolute atomic E-state index is 11.7. The van der Waals surface area contributed by atoms with Gasteiger partial charge in [0.25, 0.3) is 0 Å². The summed E-state index contributed by atoms with van der Waals surface area (Å²) in [6, 6.07) is 1.99. The SMILES string of the molecule is Cc1cc(Br)cnc1N(C)CC(=O)NCC(C)C. The summed E-state index contributed by atoms with van der Waals surface area (Å²) in [6.07, 6.45) is 1.74. The van der Waals surface area contributed by atoms with Crippen molar-refractivity contribution in [3.63, 3.8) is 0 Å². The standard InChI is InChI=1S/C13H20BrN3O/c1-9(2)6-15-12(18)8-17(4)13-10(3)5-11(14)7-16-13/h5,7,9H,6,8H2,1-4H3,(H,15,18). The monoisotopic (exact) mass is 313 g/mol. The minimum absolute atomic E-state index is 0.0234. The van der Waals surface area contributed by atoms with Crippen molar-refractivity contribution in [1.82, 2.24) is 10.3 Å². The minimum Gasteiger partial charge on any atom is -0.354 e. The van der Waals surface area contributed by atoms with Gasteiger partial charge in [-0.1, -0.05) is 13.8 Å². The van der Waals surface area contributed by atoms with Gasteiger partial charge in [-0.15, -0.1) is 0 Å². The van der Waals surface area contributed by atoms with Crippen LogP contribution in [-0.4, -0.2) is 31.0 Å². The van der Waals surface area contributed by atoms with Crippen molar-refractivity contribution in [1.29, 1.82) is 0 Å². The number of amides is 1. The van der Waals surface area contributed by atoms with E-state index < -0.39 is 0 Å². The summed E-state index contributed by atoms with van der Waals surface area (Å²) in [5, 5.41) is 2.90. The van der Waals surface area contributed by atoms with E-state index in [4.69, 9.17) is 0 Å². The van der Waals surface area contributed by atoms with Gasteiger partial charge in [0.1, 0.15) is 5.82 Å². The van der Waals surface area contributed by atoms with Crippen LogP contribution in [0.4, 0.5) is 5.82 Å². The third-order valence-corrected chi connectivity index (χ3v) is 2.90. The number of hydrogen-bond donors (Lipinski definition) is 1. The first-order valence-electron chi connectivity index (χ1n) is 6.00. The molecule has 0 aromatic carbocycles. The third kappa shape index (κ3) is 4.64. The Morgan fingerprint density at radius 2 is 2.22 bits per heavy atom. The lowest BCUT2D eigenvalue weighted by molar-refractivity contribution is -0.119. The number of aromatic nitrogens is 1. The van der Waals surface area contributed by atoms with E-state index in [9.17, 15) is 4.79 Å². The number of anilines is 1. The van der Waals surface area contributed by atoms with Crippen molar-refractivity contribution in [2.75, 3.05) is 25.0 Å². The van der Waals surface area contributed by atoms with E-state index in [-0.39, 0.29) is 5.91 Å². The van der Waals surface area contributed by atoms with E-state index in [1.807, 2.05) is 24.9 Å². The molecule has 0 radical (unpaired) electrons. The Hall–Kier alpha value is -1.10. The van der Waals surface area contributed by atoms with E-state index in [1.54, 1.807) is 6.20 Å². The summed E-state index contributed by atoms with van der Waals surface area (Å²) < 4.78 is 0.946. The van der Waals surface area contributed by atoms with Gasteiger partial charge in [-0.2, -0.15) is 0 Å². The van der Waals surface area contributed by atoms with Gasteiger partial charge in [-0.05, 0) is 40.4 Å². The Morgan fingerprint density at radius 1 is 1.56 bits per heavy atom. The maximum Gasteiger partial charge on any atom is 0.239 e. The van der Waals surface area contributed by atoms with Gasteiger partial charge in [-0.3, -0.25) is 4.79 Å². The molecule has 0 aliphatic carbocycles. The van der Waals surface area contributed by atoms with E-state index >= 15 is 0 Å². The molecule has 0 atom stereocenters. The number of aryl methyl sites for hydroxylation is 1. The lowest BCUT2D eigenvalue weighted by Crippen LogP contribution is -2.37. The molecule has 4 nitrogen and oxygen atoms in total. The van der Waals surface area contributed by atoms with Crippen molar-refractivity contribution >= 4 is 27.7 Å². The number of hydrogen-bond acceptors (Lipinski definition) is 3. The molecule has 1 aromatic rings. The number of likely N-dealkylation sites (N-methyl/N-ethyl adjacent to an activating group) is 1. The second-order valence-electron chi connectivity index (χ2n) is 4.85. The lowest BCUT2D eigenvalue weighted by Gasteiger charge is -2.20. The highest BCUT2D eigenvalue weighted by Crippen LogP contribution is 2.19. The summed E-state index contributed by atoms with van der Waals surface area (Å²) in [5.74, 6) is 1.32. The molecule has 1 heterocycles. The molecule has 0 fully saturated rings. The molecular formula is C13H20BrN3O. The van der Waals surface area contributed by atoms with Gasteiger partial charge in [0.05, 0.1) is 6.54 Å². The normalized spacial score (nSPS) is 10.6. The van der Waals surface area contributed by atoms with Crippen LogP contribution in [0.25, 0.3) is 0 Å². The van der Waals surface area contributed by atoms with Crippen LogP contribution >= 0.6 is 15.9 Å². The largest absolute Gasteiger partial charge is 0.354 e. The van der Waals surface area contributed by atoms with Crippen molar-refractivity contribution < 1.29 is 4.79 Å². The highest BCUT2D eigenvalue weighted by atomic mass is 79.9. The summed E-state index contributed by atoms with van der Waals surface area (Å²) in [6.45, 7) is 7.16. The zero-order chi connectivity index (χ0) is 13.7. The van der Waals surface area contributed by atoms with E-state index in [2.05, 4.69) is 40.1 Å². The molecule has 1 aromatic heterocycles. The Bertz CT molecular complexity index is 421. The Balaban J connectivity index is 2.59. The molecule has 0 bridgehead atoms. The number of nitrogens with one attached hydrogen (secondary N) is 1. The molecule has 1 N–H and O–H groups in total. The van der Waals surface area contributed by atoms with E-state index in [1.165, 1.54) is 0 Å². The Kier molecular flexibility index (Phi) is 5.59. The van der Waals surface area contributed by atoms with Crippen molar-refractivity contribution in [2.45, 2.75) is 20.8 Å². The number of carbonyl (C=O) groups is 1. The summed E-state index contributed by atoms with van der Waals surface area (Å²) >= 11 is 3.38. The van der Waals surface area contributed by atoms with Crippen molar-refractivity contribution in [3.05, 3.63) is 22.3 Å². The van der Waals surface area contributed by atoms with Crippen LogP contribution in [0.2, 0.25) is 0 Å². The molecule has 1 amide bonds. The fraction of sp³-hybridized carbons (Fsp3) is 0.538. The predicted molar refractivity (Wildman–Crippen MR) is 77.8 cm³/mol. The first-order valence-corrected chi connectivity index (χ1v) is 6.79. The van der Waals surface area contributed by atoms with Gasteiger partial charge in [-0.25, -0.2) is 4.98 Å². The fourth-order valence-corrected chi connectivity index (χ4v) is 2.04. The lowest BCUT2D eigenvalue weighted by atomic mass is 10.2. The molecule has 0 aliphatic rings. The molecule has 1 rings (SSSR count). The van der Waals surface area contributed by atoms with Crippen LogP contribution in [0.5, 0.6) is 0 Å². The number of pyridine rings is 1. The molecule has 0 aliphatic heterocycles.